The lowest BCUT2D eigenvalue weighted by Gasteiger charge is -2.18. The van der Waals surface area contributed by atoms with E-state index in [2.05, 4.69) is 17.2 Å². The van der Waals surface area contributed by atoms with Crippen LogP contribution in [0, 0.1) is 0 Å². The van der Waals surface area contributed by atoms with Gasteiger partial charge in [-0.2, -0.15) is 13.2 Å². The number of likely N-dealkylation sites (tertiary alicyclic amines) is 1. The smallest absolute Gasteiger partial charge is 0.389 e. The number of carbonyl (C=O) groups is 1. The monoisotopic (exact) mass is 419 g/mol. The summed E-state index contributed by atoms with van der Waals surface area (Å²) in [4.78, 5) is 17.4. The molecule has 1 amide bonds. The van der Waals surface area contributed by atoms with E-state index in [1.807, 2.05) is 19.2 Å². The third kappa shape index (κ3) is 7.31. The highest BCUT2D eigenvalue weighted by Gasteiger charge is 2.32. The van der Waals surface area contributed by atoms with Crippen LogP contribution in [-0.2, 0) is 4.79 Å². The summed E-state index contributed by atoms with van der Waals surface area (Å²) in [6.45, 7) is 2.68. The van der Waals surface area contributed by atoms with Gasteiger partial charge >= 0.3 is 6.18 Å². The molecule has 0 aliphatic carbocycles. The van der Waals surface area contributed by atoms with Gasteiger partial charge in [0, 0.05) is 31.6 Å². The molecule has 5 nitrogen and oxygen atoms in total. The number of alkyl halides is 3. The molecular weight excluding hydrogens is 395 g/mol. The Kier molecular flexibility index (Phi) is 8.12. The molecule has 1 aliphatic rings. The zero-order valence-corrected chi connectivity index (χ0v) is 16.7. The van der Waals surface area contributed by atoms with Crippen molar-refractivity contribution in [2.24, 2.45) is 0 Å². The van der Waals surface area contributed by atoms with Gasteiger partial charge in [0.05, 0.1) is 13.0 Å². The Morgan fingerprint density at radius 2 is 2.29 bits per heavy atom. The molecule has 1 aliphatic heterocycles. The van der Waals surface area contributed by atoms with Crippen molar-refractivity contribution in [1.82, 2.24) is 15.2 Å². The molecule has 28 heavy (non-hydrogen) atoms. The Morgan fingerprint density at radius 1 is 1.54 bits per heavy atom. The maximum Gasteiger partial charge on any atom is 0.389 e. The standard InChI is InChI=1S/C19H25ClF3N3O2/c1-13(24-2)4-3-5-14-10-16(18(20)25-11-14)28-15-7-9-26(12-15)17(27)6-8-19(21,22)23/h3,5,10-11,13,15,24H,4,6-9,12H2,1-2H3/t13-,15+/m0/s1. The third-order valence-corrected chi connectivity index (χ3v) is 4.82. The van der Waals surface area contributed by atoms with Gasteiger partial charge in [-0.1, -0.05) is 23.8 Å². The fraction of sp³-hybridized carbons (Fsp3) is 0.579. The average molecular weight is 420 g/mol. The van der Waals surface area contributed by atoms with Crippen LogP contribution in [0.15, 0.2) is 18.3 Å². The lowest BCUT2D eigenvalue weighted by atomic mass is 10.2. The summed E-state index contributed by atoms with van der Waals surface area (Å²) in [5, 5.41) is 3.35. The summed E-state index contributed by atoms with van der Waals surface area (Å²) >= 11 is 6.10. The van der Waals surface area contributed by atoms with Gasteiger partial charge in [0.1, 0.15) is 6.10 Å². The van der Waals surface area contributed by atoms with Crippen LogP contribution in [0.1, 0.15) is 38.2 Å². The number of halogens is 4. The topological polar surface area (TPSA) is 54.5 Å². The van der Waals surface area contributed by atoms with Crippen molar-refractivity contribution in [1.29, 1.82) is 0 Å². The van der Waals surface area contributed by atoms with Gasteiger partial charge in [-0.15, -0.1) is 0 Å². The van der Waals surface area contributed by atoms with Crippen molar-refractivity contribution in [2.75, 3.05) is 20.1 Å². The molecule has 2 heterocycles. The second-order valence-corrected chi connectivity index (χ2v) is 7.23. The summed E-state index contributed by atoms with van der Waals surface area (Å²) in [6, 6.07) is 2.12. The molecule has 1 fully saturated rings. The summed E-state index contributed by atoms with van der Waals surface area (Å²) in [6.07, 6.45) is 0.672. The lowest BCUT2D eigenvalue weighted by Crippen LogP contribution is -2.31. The maximum atomic E-state index is 12.3. The van der Waals surface area contributed by atoms with Crippen LogP contribution in [0.4, 0.5) is 13.2 Å². The van der Waals surface area contributed by atoms with Gasteiger partial charge in [0.2, 0.25) is 5.91 Å². The molecule has 0 spiro atoms. The minimum Gasteiger partial charge on any atom is -0.485 e. The molecule has 1 aromatic heterocycles. The largest absolute Gasteiger partial charge is 0.485 e. The van der Waals surface area contributed by atoms with Gasteiger partial charge in [0.25, 0.3) is 0 Å². The van der Waals surface area contributed by atoms with Crippen LogP contribution in [-0.4, -0.2) is 54.3 Å². The first-order valence-corrected chi connectivity index (χ1v) is 9.56. The summed E-state index contributed by atoms with van der Waals surface area (Å²) in [5.74, 6) is -0.108. The summed E-state index contributed by atoms with van der Waals surface area (Å²) in [5.41, 5.74) is 0.832. The van der Waals surface area contributed by atoms with Crippen LogP contribution in [0.25, 0.3) is 6.08 Å². The Labute approximate surface area is 167 Å². The van der Waals surface area contributed by atoms with E-state index in [1.165, 1.54) is 4.90 Å². The lowest BCUT2D eigenvalue weighted by molar-refractivity contribution is -0.148. The number of aromatic nitrogens is 1. The van der Waals surface area contributed by atoms with Crippen molar-refractivity contribution in [3.8, 4) is 5.75 Å². The SMILES string of the molecule is CN[C@@H](C)CC=Cc1cnc(Cl)c(O[C@@H]2CCN(C(=O)CCC(F)(F)F)C2)c1. The van der Waals surface area contributed by atoms with Crippen molar-refractivity contribution in [3.63, 3.8) is 0 Å². The number of hydrogen-bond acceptors (Lipinski definition) is 4. The number of nitrogens with zero attached hydrogens (tertiary/aromatic N) is 2. The summed E-state index contributed by atoms with van der Waals surface area (Å²) in [7, 11) is 1.90. The van der Waals surface area contributed by atoms with E-state index >= 15 is 0 Å². The number of nitrogens with one attached hydrogen (secondary N) is 1. The Balaban J connectivity index is 1.91. The molecule has 9 heteroatoms. The molecule has 0 aromatic carbocycles. The Morgan fingerprint density at radius 3 is 2.96 bits per heavy atom. The molecule has 0 radical (unpaired) electrons. The molecule has 1 aromatic rings. The van der Waals surface area contributed by atoms with E-state index < -0.39 is 24.9 Å². The van der Waals surface area contributed by atoms with E-state index in [1.54, 1.807) is 12.3 Å². The van der Waals surface area contributed by atoms with Crippen molar-refractivity contribution in [3.05, 3.63) is 29.1 Å². The fourth-order valence-corrected chi connectivity index (χ4v) is 2.93. The number of pyridine rings is 1. The minimum absolute atomic E-state index is 0.211. The molecule has 0 bridgehead atoms. The van der Waals surface area contributed by atoms with E-state index in [-0.39, 0.29) is 17.8 Å². The maximum absolute atomic E-state index is 12.3. The predicted octanol–water partition coefficient (Wildman–Crippen LogP) is 4.07. The highest BCUT2D eigenvalue weighted by Crippen LogP contribution is 2.28. The highest BCUT2D eigenvalue weighted by molar-refractivity contribution is 6.30. The number of carbonyl (C=O) groups excluding carboxylic acids is 1. The van der Waals surface area contributed by atoms with Crippen LogP contribution >= 0.6 is 11.6 Å². The quantitative estimate of drug-likeness (QED) is 0.645. The first-order chi connectivity index (χ1) is 13.2. The zero-order valence-electron chi connectivity index (χ0n) is 15.9. The zero-order chi connectivity index (χ0) is 20.7. The summed E-state index contributed by atoms with van der Waals surface area (Å²) < 4.78 is 42.7. The van der Waals surface area contributed by atoms with Gasteiger partial charge in [-0.05, 0) is 32.0 Å². The molecule has 1 saturated heterocycles. The van der Waals surface area contributed by atoms with Crippen LogP contribution in [0.2, 0.25) is 5.15 Å². The van der Waals surface area contributed by atoms with Gasteiger partial charge in [-0.25, -0.2) is 4.98 Å². The second-order valence-electron chi connectivity index (χ2n) is 6.87. The van der Waals surface area contributed by atoms with Gasteiger partial charge < -0.3 is 15.0 Å². The highest BCUT2D eigenvalue weighted by atomic mass is 35.5. The van der Waals surface area contributed by atoms with Crippen LogP contribution in [0.5, 0.6) is 5.75 Å². The number of rotatable bonds is 8. The van der Waals surface area contributed by atoms with Crippen molar-refractivity contribution < 1.29 is 22.7 Å². The van der Waals surface area contributed by atoms with Crippen LogP contribution < -0.4 is 10.1 Å². The van der Waals surface area contributed by atoms with E-state index in [4.69, 9.17) is 16.3 Å². The Bertz CT molecular complexity index is 697. The second kappa shape index (κ2) is 10.1. The van der Waals surface area contributed by atoms with Crippen molar-refractivity contribution in [2.45, 2.75) is 50.9 Å². The first kappa shape index (κ1) is 22.5. The number of amides is 1. The number of hydrogen-bond donors (Lipinski definition) is 1. The predicted molar refractivity (Wildman–Crippen MR) is 102 cm³/mol. The minimum atomic E-state index is -4.33. The first-order valence-electron chi connectivity index (χ1n) is 9.18. The Hall–Kier alpha value is -1.80. The van der Waals surface area contributed by atoms with Gasteiger partial charge in [0.15, 0.2) is 10.9 Å². The molecule has 1 N–H and O–H groups in total. The molecule has 2 rings (SSSR count). The fourth-order valence-electron chi connectivity index (χ4n) is 2.78. The average Bonchev–Trinajstić information content (AvgIpc) is 3.10. The normalized spacial score (nSPS) is 18.6. The molecular formula is C19H25ClF3N3O2. The molecule has 0 unspecified atom stereocenters. The van der Waals surface area contributed by atoms with E-state index in [0.29, 0.717) is 24.8 Å². The third-order valence-electron chi connectivity index (χ3n) is 4.53. The molecule has 2 atom stereocenters. The van der Waals surface area contributed by atoms with Gasteiger partial charge in [-0.3, -0.25) is 4.79 Å². The van der Waals surface area contributed by atoms with Crippen LogP contribution in [0.3, 0.4) is 0 Å². The van der Waals surface area contributed by atoms with E-state index in [9.17, 15) is 18.0 Å². The molecule has 0 saturated carbocycles. The molecule has 156 valence electrons. The number of ether oxygens (including phenoxy) is 1. The van der Waals surface area contributed by atoms with E-state index in [0.717, 1.165) is 12.0 Å². The van der Waals surface area contributed by atoms with Crippen molar-refractivity contribution >= 4 is 23.6 Å².